The highest BCUT2D eigenvalue weighted by Crippen LogP contribution is 2.38. The van der Waals surface area contributed by atoms with Gasteiger partial charge in [-0.1, -0.05) is 12.1 Å². The summed E-state index contributed by atoms with van der Waals surface area (Å²) in [7, 11) is 1.68. The summed E-state index contributed by atoms with van der Waals surface area (Å²) in [5, 5.41) is 0. The van der Waals surface area contributed by atoms with Gasteiger partial charge < -0.3 is 19.1 Å². The average Bonchev–Trinajstić information content (AvgIpc) is 3.38. The normalized spacial score (nSPS) is 18.9. The second-order valence-corrected chi connectivity index (χ2v) is 8.75. The van der Waals surface area contributed by atoms with Gasteiger partial charge in [-0.3, -0.25) is 14.7 Å². The predicted molar refractivity (Wildman–Crippen MR) is 130 cm³/mol. The Morgan fingerprint density at radius 1 is 1.15 bits per heavy atom. The first-order chi connectivity index (χ1) is 16.7. The van der Waals surface area contributed by atoms with Gasteiger partial charge in [-0.2, -0.15) is 0 Å². The quantitative estimate of drug-likeness (QED) is 0.612. The summed E-state index contributed by atoms with van der Waals surface area (Å²) in [6.07, 6.45) is 8.84. The molecule has 0 N–H and O–H groups in total. The molecule has 178 valence electrons. The summed E-state index contributed by atoms with van der Waals surface area (Å²) in [6.45, 7) is 5.39. The van der Waals surface area contributed by atoms with Gasteiger partial charge >= 0.3 is 0 Å². The lowest BCUT2D eigenvalue weighted by molar-refractivity contribution is -0.132. The molecule has 7 heteroatoms. The molecule has 0 atom stereocenters. The molecule has 0 spiro atoms. The van der Waals surface area contributed by atoms with Crippen LogP contribution in [-0.4, -0.2) is 67.1 Å². The SMILES string of the molecule is COc1ccc2c(c1)/C(=C/CCCN1CCN(C(=O)C3=CCCO3)CC1)c1cccnc1CO2. The number of fused-ring (bicyclic) bond motifs is 2. The van der Waals surface area contributed by atoms with Crippen LogP contribution in [0.5, 0.6) is 11.5 Å². The van der Waals surface area contributed by atoms with Gasteiger partial charge in [-0.25, -0.2) is 0 Å². The Bertz CT molecular complexity index is 1100. The van der Waals surface area contributed by atoms with Crippen molar-refractivity contribution in [2.24, 2.45) is 0 Å². The highest BCUT2D eigenvalue weighted by atomic mass is 16.5. The summed E-state index contributed by atoms with van der Waals surface area (Å²) in [5.74, 6) is 2.23. The third-order valence-electron chi connectivity index (χ3n) is 6.62. The number of amides is 1. The smallest absolute Gasteiger partial charge is 0.288 e. The Kier molecular flexibility index (Phi) is 6.81. The summed E-state index contributed by atoms with van der Waals surface area (Å²) in [5.41, 5.74) is 4.26. The molecule has 1 amide bonds. The molecular formula is C27H31N3O4. The first kappa shape index (κ1) is 22.5. The number of benzene rings is 1. The van der Waals surface area contributed by atoms with Crippen LogP contribution < -0.4 is 9.47 Å². The number of piperazine rings is 1. The fraction of sp³-hybridized carbons (Fsp3) is 0.407. The van der Waals surface area contributed by atoms with E-state index in [2.05, 4.69) is 22.0 Å². The molecule has 34 heavy (non-hydrogen) atoms. The fourth-order valence-electron chi connectivity index (χ4n) is 4.74. The number of ether oxygens (including phenoxy) is 3. The molecule has 2 aromatic rings. The Morgan fingerprint density at radius 2 is 2.03 bits per heavy atom. The molecular weight excluding hydrogens is 430 g/mol. The van der Waals surface area contributed by atoms with E-state index in [1.54, 1.807) is 7.11 Å². The minimum absolute atomic E-state index is 0.0406. The maximum absolute atomic E-state index is 12.5. The predicted octanol–water partition coefficient (Wildman–Crippen LogP) is 3.64. The summed E-state index contributed by atoms with van der Waals surface area (Å²) >= 11 is 0. The van der Waals surface area contributed by atoms with Crippen LogP contribution in [0.4, 0.5) is 0 Å². The molecule has 0 radical (unpaired) electrons. The van der Waals surface area contributed by atoms with Gasteiger partial charge in [-0.15, -0.1) is 0 Å². The van der Waals surface area contributed by atoms with Crippen LogP contribution in [0.2, 0.25) is 0 Å². The first-order valence-electron chi connectivity index (χ1n) is 12.0. The fourth-order valence-corrected chi connectivity index (χ4v) is 4.74. The number of rotatable bonds is 6. The number of aromatic nitrogens is 1. The van der Waals surface area contributed by atoms with Gasteiger partial charge in [0.1, 0.15) is 18.1 Å². The number of pyridine rings is 1. The van der Waals surface area contributed by atoms with Crippen LogP contribution in [-0.2, 0) is 16.1 Å². The molecule has 0 saturated carbocycles. The minimum Gasteiger partial charge on any atom is -0.497 e. The zero-order chi connectivity index (χ0) is 23.3. The second kappa shape index (κ2) is 10.3. The van der Waals surface area contributed by atoms with E-state index in [4.69, 9.17) is 14.2 Å². The van der Waals surface area contributed by atoms with E-state index < -0.39 is 0 Å². The van der Waals surface area contributed by atoms with Crippen LogP contribution in [0.25, 0.3) is 5.57 Å². The van der Waals surface area contributed by atoms with Crippen molar-refractivity contribution in [1.29, 1.82) is 0 Å². The monoisotopic (exact) mass is 461 g/mol. The minimum atomic E-state index is 0.0406. The van der Waals surface area contributed by atoms with Crippen LogP contribution in [0.3, 0.4) is 0 Å². The van der Waals surface area contributed by atoms with Gasteiger partial charge in [0.15, 0.2) is 5.76 Å². The Balaban J connectivity index is 1.22. The van der Waals surface area contributed by atoms with E-state index in [0.717, 1.165) is 85.9 Å². The molecule has 3 aliphatic rings. The maximum atomic E-state index is 12.5. The van der Waals surface area contributed by atoms with Crippen molar-refractivity contribution in [2.75, 3.05) is 46.4 Å². The van der Waals surface area contributed by atoms with E-state index >= 15 is 0 Å². The molecule has 4 heterocycles. The largest absolute Gasteiger partial charge is 0.497 e. The van der Waals surface area contributed by atoms with Crippen molar-refractivity contribution >= 4 is 11.5 Å². The number of allylic oxidation sites excluding steroid dienone is 1. The standard InChI is InChI=1S/C27H31N3O4/c1-32-20-9-10-25-23(18-20)21(22-7-4-11-28-24(22)19-34-25)6-2-3-12-29-13-15-30(16-14-29)27(31)26-8-5-17-33-26/h4,6-11,18H,2-3,5,12-17,19H2,1H3/b21-6+. The van der Waals surface area contributed by atoms with Gasteiger partial charge in [0.2, 0.25) is 0 Å². The maximum Gasteiger partial charge on any atom is 0.288 e. The van der Waals surface area contributed by atoms with Crippen LogP contribution in [0, 0.1) is 0 Å². The van der Waals surface area contributed by atoms with E-state index in [1.165, 1.54) is 0 Å². The second-order valence-electron chi connectivity index (χ2n) is 8.75. The highest BCUT2D eigenvalue weighted by molar-refractivity contribution is 5.91. The topological polar surface area (TPSA) is 64.1 Å². The average molecular weight is 462 g/mol. The number of nitrogens with zero attached hydrogens (tertiary/aromatic N) is 3. The van der Waals surface area contributed by atoms with Gasteiger partial charge in [-0.05, 0) is 55.3 Å². The molecule has 0 aliphatic carbocycles. The summed E-state index contributed by atoms with van der Waals surface area (Å²) in [6, 6.07) is 10.0. The van der Waals surface area contributed by atoms with Gasteiger partial charge in [0, 0.05) is 49.9 Å². The van der Waals surface area contributed by atoms with Crippen molar-refractivity contribution < 1.29 is 19.0 Å². The Morgan fingerprint density at radius 3 is 2.82 bits per heavy atom. The van der Waals surface area contributed by atoms with Crippen molar-refractivity contribution in [3.8, 4) is 11.5 Å². The third-order valence-corrected chi connectivity index (χ3v) is 6.62. The molecule has 0 bridgehead atoms. The Labute approximate surface area is 200 Å². The number of hydrogen-bond donors (Lipinski definition) is 0. The van der Waals surface area contributed by atoms with E-state index in [1.807, 2.05) is 41.4 Å². The Hall–Kier alpha value is -3.32. The number of hydrogen-bond acceptors (Lipinski definition) is 6. The van der Waals surface area contributed by atoms with Crippen molar-refractivity contribution in [2.45, 2.75) is 25.9 Å². The van der Waals surface area contributed by atoms with Crippen LogP contribution in [0.1, 0.15) is 36.1 Å². The van der Waals surface area contributed by atoms with Gasteiger partial charge in [0.25, 0.3) is 5.91 Å². The number of carbonyl (C=O) groups is 1. The lowest BCUT2D eigenvalue weighted by Crippen LogP contribution is -2.49. The molecule has 7 nitrogen and oxygen atoms in total. The molecule has 1 saturated heterocycles. The number of unbranched alkanes of at least 4 members (excludes halogenated alkanes) is 1. The number of carbonyl (C=O) groups excluding carboxylic acids is 1. The zero-order valence-electron chi connectivity index (χ0n) is 19.7. The van der Waals surface area contributed by atoms with Crippen LogP contribution >= 0.6 is 0 Å². The first-order valence-corrected chi connectivity index (χ1v) is 12.0. The summed E-state index contributed by atoms with van der Waals surface area (Å²) < 4.78 is 17.0. The van der Waals surface area contributed by atoms with Crippen molar-refractivity contribution in [3.63, 3.8) is 0 Å². The van der Waals surface area contributed by atoms with Crippen molar-refractivity contribution in [3.05, 3.63) is 71.3 Å². The molecule has 1 aromatic carbocycles. The number of methoxy groups -OCH3 is 1. The summed E-state index contributed by atoms with van der Waals surface area (Å²) in [4.78, 5) is 21.4. The molecule has 0 unspecified atom stereocenters. The lowest BCUT2D eigenvalue weighted by atomic mass is 9.95. The highest BCUT2D eigenvalue weighted by Gasteiger charge is 2.26. The van der Waals surface area contributed by atoms with E-state index in [0.29, 0.717) is 19.0 Å². The van der Waals surface area contributed by atoms with Crippen LogP contribution in [0.15, 0.2) is 54.4 Å². The third kappa shape index (κ3) is 4.80. The molecule has 5 rings (SSSR count). The van der Waals surface area contributed by atoms with Gasteiger partial charge in [0.05, 0.1) is 19.4 Å². The van der Waals surface area contributed by atoms with Crippen molar-refractivity contribution in [1.82, 2.24) is 14.8 Å². The van der Waals surface area contributed by atoms with E-state index in [9.17, 15) is 4.79 Å². The zero-order valence-corrected chi connectivity index (χ0v) is 19.7. The molecule has 3 aliphatic heterocycles. The van der Waals surface area contributed by atoms with E-state index in [-0.39, 0.29) is 5.91 Å². The molecule has 1 aromatic heterocycles. The lowest BCUT2D eigenvalue weighted by Gasteiger charge is -2.34. The molecule has 1 fully saturated rings.